The van der Waals surface area contributed by atoms with E-state index in [-0.39, 0.29) is 17.4 Å². The van der Waals surface area contributed by atoms with Gasteiger partial charge in [0.2, 0.25) is 5.91 Å². The molecule has 0 radical (unpaired) electrons. The van der Waals surface area contributed by atoms with E-state index in [4.69, 9.17) is 4.74 Å². The third-order valence-corrected chi connectivity index (χ3v) is 7.49. The molecule has 0 bridgehead atoms. The number of hydrogen-bond donors (Lipinski definition) is 1. The molecule has 2 aromatic rings. The highest BCUT2D eigenvalue weighted by Gasteiger charge is 2.38. The number of likely N-dealkylation sites (tertiary alicyclic amines) is 2. The van der Waals surface area contributed by atoms with Crippen LogP contribution in [0.4, 0.5) is 13.2 Å². The van der Waals surface area contributed by atoms with Crippen molar-refractivity contribution in [2.45, 2.75) is 37.6 Å². The predicted molar refractivity (Wildman–Crippen MR) is 133 cm³/mol. The van der Waals surface area contributed by atoms with Crippen molar-refractivity contribution in [2.75, 3.05) is 33.3 Å². The van der Waals surface area contributed by atoms with Gasteiger partial charge in [0.05, 0.1) is 7.11 Å². The molecule has 0 spiro atoms. The van der Waals surface area contributed by atoms with Crippen LogP contribution in [0.15, 0.2) is 42.5 Å². The molecule has 1 atom stereocenters. The molecule has 2 fully saturated rings. The fourth-order valence-electron chi connectivity index (χ4n) is 5.42. The Bertz CT molecular complexity index is 1120. The van der Waals surface area contributed by atoms with E-state index in [1.54, 1.807) is 12.0 Å². The molecule has 6 nitrogen and oxygen atoms in total. The molecule has 0 aromatic heterocycles. The number of amides is 1. The summed E-state index contributed by atoms with van der Waals surface area (Å²) in [4.78, 5) is 28.5. The summed E-state index contributed by atoms with van der Waals surface area (Å²) in [5.74, 6) is -4.26. The fourth-order valence-corrected chi connectivity index (χ4v) is 5.42. The van der Waals surface area contributed by atoms with Crippen LogP contribution < -0.4 is 4.74 Å². The Kier molecular flexibility index (Phi) is 8.53. The summed E-state index contributed by atoms with van der Waals surface area (Å²) in [5.41, 5.74) is 1.28. The van der Waals surface area contributed by atoms with Crippen molar-refractivity contribution in [1.82, 2.24) is 9.80 Å². The predicted octanol–water partition coefficient (Wildman–Crippen LogP) is 4.70. The number of aliphatic carboxylic acids is 1. The number of methoxy groups -OCH3 is 1. The maximum absolute atomic E-state index is 13.4. The lowest BCUT2D eigenvalue weighted by Gasteiger charge is -2.41. The first-order chi connectivity index (χ1) is 17.8. The lowest BCUT2D eigenvalue weighted by atomic mass is 9.84. The maximum Gasteiger partial charge on any atom is 0.321 e. The van der Waals surface area contributed by atoms with E-state index >= 15 is 0 Å². The highest BCUT2D eigenvalue weighted by Crippen LogP contribution is 2.33. The third-order valence-electron chi connectivity index (χ3n) is 7.49. The average molecular weight is 517 g/mol. The molecule has 37 heavy (non-hydrogen) atoms. The van der Waals surface area contributed by atoms with Crippen molar-refractivity contribution in [3.05, 3.63) is 71.1 Å². The van der Waals surface area contributed by atoms with Gasteiger partial charge in [0.1, 0.15) is 11.8 Å². The van der Waals surface area contributed by atoms with Gasteiger partial charge in [-0.1, -0.05) is 12.1 Å². The van der Waals surface area contributed by atoms with Gasteiger partial charge in [-0.25, -0.2) is 13.2 Å². The van der Waals surface area contributed by atoms with E-state index in [0.717, 1.165) is 30.7 Å². The normalized spacial score (nSPS) is 18.8. The Morgan fingerprint density at radius 2 is 1.57 bits per heavy atom. The molecule has 2 aliphatic heterocycles. The summed E-state index contributed by atoms with van der Waals surface area (Å²) in [5, 5.41) is 10.0. The number of benzene rings is 2. The molecule has 4 rings (SSSR count). The third kappa shape index (κ3) is 6.33. The zero-order chi connectivity index (χ0) is 26.5. The van der Waals surface area contributed by atoms with Crippen molar-refractivity contribution in [3.63, 3.8) is 0 Å². The molecule has 1 unspecified atom stereocenters. The van der Waals surface area contributed by atoms with Crippen LogP contribution in [-0.4, -0.2) is 66.1 Å². The standard InChI is InChI=1S/C28H31F3N2O4/c1-37-22-5-3-19(4-6-22)20-8-14-33(15-9-20)27(28(35)36)21-10-12-32(13-11-21)25(34)7-2-18-16-23(29)26(31)24(30)17-18/h2-7,16-17,20-21,27H,8-15H2,1H3,(H,35,36)/b7-2+. The minimum Gasteiger partial charge on any atom is -0.497 e. The minimum absolute atomic E-state index is 0.0450. The Morgan fingerprint density at radius 1 is 0.973 bits per heavy atom. The molecule has 198 valence electrons. The van der Waals surface area contributed by atoms with Crippen LogP contribution in [0, 0.1) is 23.4 Å². The molecule has 0 aliphatic carbocycles. The molecule has 1 N–H and O–H groups in total. The Labute approximate surface area is 214 Å². The first-order valence-electron chi connectivity index (χ1n) is 12.5. The number of carbonyl (C=O) groups excluding carboxylic acids is 1. The van der Waals surface area contributed by atoms with Crippen LogP contribution in [0.1, 0.15) is 42.7 Å². The highest BCUT2D eigenvalue weighted by molar-refractivity contribution is 5.91. The molecular formula is C28H31F3N2O4. The van der Waals surface area contributed by atoms with Gasteiger partial charge in [-0.2, -0.15) is 0 Å². The molecule has 1 amide bonds. The second-order valence-electron chi connectivity index (χ2n) is 9.66. The largest absolute Gasteiger partial charge is 0.497 e. The lowest BCUT2D eigenvalue weighted by molar-refractivity contribution is -0.147. The monoisotopic (exact) mass is 516 g/mol. The maximum atomic E-state index is 13.4. The Balaban J connectivity index is 1.31. The number of carboxylic acids is 1. The van der Waals surface area contributed by atoms with E-state index in [2.05, 4.69) is 17.0 Å². The zero-order valence-electron chi connectivity index (χ0n) is 20.7. The first kappa shape index (κ1) is 26.7. The number of ether oxygens (including phenoxy) is 1. The first-order valence-corrected chi connectivity index (χ1v) is 12.5. The minimum atomic E-state index is -1.55. The van der Waals surface area contributed by atoms with Gasteiger partial charge in [0.15, 0.2) is 17.5 Å². The van der Waals surface area contributed by atoms with Crippen molar-refractivity contribution < 1.29 is 32.6 Å². The van der Waals surface area contributed by atoms with Crippen LogP contribution in [0.5, 0.6) is 5.75 Å². The van der Waals surface area contributed by atoms with E-state index < -0.39 is 29.5 Å². The average Bonchev–Trinajstić information content (AvgIpc) is 2.91. The molecular weight excluding hydrogens is 485 g/mol. The summed E-state index contributed by atoms with van der Waals surface area (Å²) in [6.07, 6.45) is 5.30. The van der Waals surface area contributed by atoms with E-state index in [9.17, 15) is 27.9 Å². The lowest BCUT2D eigenvalue weighted by Crippen LogP contribution is -2.52. The van der Waals surface area contributed by atoms with Crippen LogP contribution in [0.2, 0.25) is 0 Å². The van der Waals surface area contributed by atoms with Gasteiger partial charge >= 0.3 is 5.97 Å². The van der Waals surface area contributed by atoms with Gasteiger partial charge in [-0.15, -0.1) is 0 Å². The second kappa shape index (κ2) is 11.8. The summed E-state index contributed by atoms with van der Waals surface area (Å²) >= 11 is 0. The molecule has 9 heteroatoms. The van der Waals surface area contributed by atoms with Gasteiger partial charge in [0, 0.05) is 19.2 Å². The van der Waals surface area contributed by atoms with Gasteiger partial charge < -0.3 is 14.7 Å². The number of carboxylic acid groups (broad SMARTS) is 1. The van der Waals surface area contributed by atoms with Crippen LogP contribution >= 0.6 is 0 Å². The van der Waals surface area contributed by atoms with Crippen molar-refractivity contribution in [3.8, 4) is 5.75 Å². The second-order valence-corrected chi connectivity index (χ2v) is 9.66. The fraction of sp³-hybridized carbons (Fsp3) is 0.429. The number of hydrogen-bond acceptors (Lipinski definition) is 4. The number of rotatable bonds is 7. The van der Waals surface area contributed by atoms with Gasteiger partial charge in [0.25, 0.3) is 0 Å². The van der Waals surface area contributed by atoms with Crippen molar-refractivity contribution >= 4 is 18.0 Å². The van der Waals surface area contributed by atoms with Gasteiger partial charge in [-0.05, 0) is 92.1 Å². The summed E-state index contributed by atoms with van der Waals surface area (Å²) in [6.45, 7) is 2.18. The Hall–Kier alpha value is -3.33. The van der Waals surface area contributed by atoms with Crippen molar-refractivity contribution in [1.29, 1.82) is 0 Å². The van der Waals surface area contributed by atoms with Crippen LogP contribution in [-0.2, 0) is 9.59 Å². The van der Waals surface area contributed by atoms with Crippen LogP contribution in [0.25, 0.3) is 6.08 Å². The summed E-state index contributed by atoms with van der Waals surface area (Å²) < 4.78 is 45.1. The summed E-state index contributed by atoms with van der Waals surface area (Å²) in [7, 11) is 1.63. The van der Waals surface area contributed by atoms with E-state index in [1.807, 2.05) is 12.1 Å². The zero-order valence-corrected chi connectivity index (χ0v) is 20.7. The molecule has 2 aliphatic rings. The Morgan fingerprint density at radius 3 is 2.11 bits per heavy atom. The summed E-state index contributed by atoms with van der Waals surface area (Å²) in [6, 6.07) is 9.07. The number of halogens is 3. The molecule has 0 saturated carbocycles. The van der Waals surface area contributed by atoms with E-state index in [0.29, 0.717) is 44.9 Å². The highest BCUT2D eigenvalue weighted by atomic mass is 19.2. The topological polar surface area (TPSA) is 70.1 Å². The molecule has 2 heterocycles. The van der Waals surface area contributed by atoms with E-state index in [1.165, 1.54) is 17.7 Å². The molecule has 2 saturated heterocycles. The number of nitrogens with zero attached hydrogens (tertiary/aromatic N) is 2. The van der Waals surface area contributed by atoms with Crippen LogP contribution in [0.3, 0.4) is 0 Å². The van der Waals surface area contributed by atoms with Gasteiger partial charge in [-0.3, -0.25) is 14.5 Å². The van der Waals surface area contributed by atoms with Crippen molar-refractivity contribution in [2.24, 2.45) is 5.92 Å². The smallest absolute Gasteiger partial charge is 0.321 e. The molecule has 2 aromatic carbocycles. The quantitative estimate of drug-likeness (QED) is 0.427. The number of piperidine rings is 2. The number of carbonyl (C=O) groups is 2. The SMILES string of the molecule is COc1ccc(C2CCN(C(C(=O)O)C3CCN(C(=O)/C=C/c4cc(F)c(F)c(F)c4)CC3)CC2)cc1.